The van der Waals surface area contributed by atoms with Crippen molar-refractivity contribution < 1.29 is 9.21 Å². The van der Waals surface area contributed by atoms with Crippen LogP contribution in [0.25, 0.3) is 11.0 Å². The molecule has 0 fully saturated rings. The molecule has 1 aromatic carbocycles. The predicted octanol–water partition coefficient (Wildman–Crippen LogP) is 5.12. The summed E-state index contributed by atoms with van der Waals surface area (Å²) in [6, 6.07) is 5.74. The number of amides is 1. The number of furan rings is 1. The van der Waals surface area contributed by atoms with E-state index in [0.717, 1.165) is 43.9 Å². The van der Waals surface area contributed by atoms with Crippen molar-refractivity contribution in [1.29, 1.82) is 0 Å². The normalized spacial score (nSPS) is 11.1. The molecule has 1 amide bonds. The van der Waals surface area contributed by atoms with Crippen LogP contribution in [-0.4, -0.2) is 21.9 Å². The highest BCUT2D eigenvalue weighted by Crippen LogP contribution is 2.27. The number of hydrogen-bond donors (Lipinski definition) is 1. The number of nitrogens with zero attached hydrogens (tertiary/aromatic N) is 2. The average Bonchev–Trinajstić information content (AvgIpc) is 3.15. The van der Waals surface area contributed by atoms with Gasteiger partial charge in [0.1, 0.15) is 5.58 Å². The van der Waals surface area contributed by atoms with Crippen LogP contribution in [0.1, 0.15) is 25.3 Å². The quantitative estimate of drug-likeness (QED) is 0.323. The van der Waals surface area contributed by atoms with E-state index < -0.39 is 0 Å². The van der Waals surface area contributed by atoms with Gasteiger partial charge in [-0.3, -0.25) is 4.79 Å². The molecule has 2 heterocycles. The lowest BCUT2D eigenvalue weighted by molar-refractivity contribution is -0.115. The van der Waals surface area contributed by atoms with E-state index in [1.807, 2.05) is 18.2 Å². The summed E-state index contributed by atoms with van der Waals surface area (Å²) < 4.78 is 7.32. The number of carbonyl (C=O) groups excluding carboxylic acids is 1. The van der Waals surface area contributed by atoms with Gasteiger partial charge in [-0.25, -0.2) is 0 Å². The highest BCUT2D eigenvalue weighted by Gasteiger charge is 2.13. The number of carbonyl (C=O) groups is 1. The van der Waals surface area contributed by atoms with Gasteiger partial charge in [0.15, 0.2) is 4.34 Å². The Hall–Kier alpha value is -1.38. The van der Waals surface area contributed by atoms with Crippen LogP contribution in [0.15, 0.2) is 37.7 Å². The van der Waals surface area contributed by atoms with Gasteiger partial charge in [0, 0.05) is 21.2 Å². The van der Waals surface area contributed by atoms with Crippen molar-refractivity contribution in [3.63, 3.8) is 0 Å². The number of unbranched alkanes of at least 4 members (excludes halogenated alkanes) is 1. The lowest BCUT2D eigenvalue weighted by Gasteiger charge is -2.00. The molecule has 0 saturated carbocycles. The monoisotopic (exact) mass is 425 g/mol. The van der Waals surface area contributed by atoms with Crippen molar-refractivity contribution in [3.8, 4) is 0 Å². The van der Waals surface area contributed by atoms with E-state index >= 15 is 0 Å². The molecule has 1 N–H and O–H groups in total. The van der Waals surface area contributed by atoms with Gasteiger partial charge in [-0.05, 0) is 24.6 Å². The Balaban J connectivity index is 1.62. The summed E-state index contributed by atoms with van der Waals surface area (Å²) in [7, 11) is 0. The number of thioether (sulfide) groups is 1. The van der Waals surface area contributed by atoms with Crippen molar-refractivity contribution >= 4 is 61.0 Å². The summed E-state index contributed by atoms with van der Waals surface area (Å²) in [6.07, 6.45) is 4.17. The maximum absolute atomic E-state index is 12.2. The van der Waals surface area contributed by atoms with E-state index in [4.69, 9.17) is 4.42 Å². The van der Waals surface area contributed by atoms with Gasteiger partial charge in [0.2, 0.25) is 11.0 Å². The van der Waals surface area contributed by atoms with Crippen molar-refractivity contribution in [2.24, 2.45) is 0 Å². The van der Waals surface area contributed by atoms with Gasteiger partial charge >= 0.3 is 0 Å². The van der Waals surface area contributed by atoms with E-state index in [2.05, 4.69) is 38.4 Å². The van der Waals surface area contributed by atoms with Crippen LogP contribution in [0.4, 0.5) is 5.13 Å². The summed E-state index contributed by atoms with van der Waals surface area (Å²) in [4.78, 5) is 12.2. The molecule has 8 heteroatoms. The number of halogens is 1. The highest BCUT2D eigenvalue weighted by atomic mass is 79.9. The van der Waals surface area contributed by atoms with Crippen LogP contribution in [0, 0.1) is 0 Å². The first-order valence-electron chi connectivity index (χ1n) is 7.57. The van der Waals surface area contributed by atoms with Gasteiger partial charge in [-0.15, -0.1) is 10.2 Å². The zero-order valence-electron chi connectivity index (χ0n) is 13.0. The van der Waals surface area contributed by atoms with E-state index in [1.165, 1.54) is 11.3 Å². The van der Waals surface area contributed by atoms with E-state index in [-0.39, 0.29) is 12.3 Å². The maximum Gasteiger partial charge on any atom is 0.230 e. The minimum Gasteiger partial charge on any atom is -0.464 e. The second kappa shape index (κ2) is 8.13. The van der Waals surface area contributed by atoms with Crippen LogP contribution in [0.3, 0.4) is 0 Å². The minimum absolute atomic E-state index is 0.126. The van der Waals surface area contributed by atoms with Crippen LogP contribution in [-0.2, 0) is 11.2 Å². The van der Waals surface area contributed by atoms with Crippen molar-refractivity contribution in [1.82, 2.24) is 10.2 Å². The first-order valence-corrected chi connectivity index (χ1v) is 10.2. The molecule has 0 unspecified atom stereocenters. The molecular weight excluding hydrogens is 410 g/mol. The molecule has 0 aliphatic heterocycles. The van der Waals surface area contributed by atoms with Crippen molar-refractivity contribution in [3.05, 3.63) is 34.5 Å². The summed E-state index contributed by atoms with van der Waals surface area (Å²) in [5.41, 5.74) is 1.62. The lowest BCUT2D eigenvalue weighted by Crippen LogP contribution is -2.13. The zero-order valence-corrected chi connectivity index (χ0v) is 16.3. The molecule has 126 valence electrons. The third kappa shape index (κ3) is 4.37. The second-order valence-electron chi connectivity index (χ2n) is 5.20. The van der Waals surface area contributed by atoms with Gasteiger partial charge in [0.25, 0.3) is 0 Å². The third-order valence-corrected chi connectivity index (χ3v) is 5.89. The molecular formula is C16H16BrN3O2S2. The zero-order chi connectivity index (χ0) is 16.9. The highest BCUT2D eigenvalue weighted by molar-refractivity contribution is 9.10. The lowest BCUT2D eigenvalue weighted by atomic mass is 10.1. The Kier molecular flexibility index (Phi) is 5.91. The summed E-state index contributed by atoms with van der Waals surface area (Å²) in [5.74, 6) is 0.897. The first-order chi connectivity index (χ1) is 11.7. The number of rotatable bonds is 7. The Morgan fingerprint density at radius 2 is 2.29 bits per heavy atom. The number of hydrogen-bond acceptors (Lipinski definition) is 6. The summed E-state index contributed by atoms with van der Waals surface area (Å²) >= 11 is 6.52. The molecule has 0 radical (unpaired) electrons. The molecule has 3 aromatic rings. The largest absolute Gasteiger partial charge is 0.464 e. The fourth-order valence-corrected chi connectivity index (χ4v) is 4.43. The molecule has 24 heavy (non-hydrogen) atoms. The first kappa shape index (κ1) is 17.4. The average molecular weight is 426 g/mol. The smallest absolute Gasteiger partial charge is 0.230 e. The Labute approximate surface area is 156 Å². The fourth-order valence-electron chi connectivity index (χ4n) is 2.15. The number of anilines is 1. The minimum atomic E-state index is -0.126. The second-order valence-corrected chi connectivity index (χ2v) is 8.44. The van der Waals surface area contributed by atoms with Gasteiger partial charge in [-0.2, -0.15) is 0 Å². The van der Waals surface area contributed by atoms with Gasteiger partial charge < -0.3 is 9.73 Å². The molecule has 0 atom stereocenters. The number of benzene rings is 1. The van der Waals surface area contributed by atoms with Gasteiger partial charge in [0.05, 0.1) is 12.7 Å². The number of nitrogens with one attached hydrogen (secondary N) is 1. The van der Waals surface area contributed by atoms with E-state index in [0.29, 0.717) is 5.13 Å². The van der Waals surface area contributed by atoms with E-state index in [9.17, 15) is 4.79 Å². The molecule has 0 saturated heterocycles. The Morgan fingerprint density at radius 3 is 3.12 bits per heavy atom. The van der Waals surface area contributed by atoms with Crippen molar-refractivity contribution in [2.45, 2.75) is 30.5 Å². The van der Waals surface area contributed by atoms with E-state index in [1.54, 1.807) is 18.0 Å². The molecule has 0 aliphatic rings. The Morgan fingerprint density at radius 1 is 1.42 bits per heavy atom. The van der Waals surface area contributed by atoms with Crippen LogP contribution in [0.5, 0.6) is 0 Å². The molecule has 0 aliphatic carbocycles. The van der Waals surface area contributed by atoms with Crippen LogP contribution in [0.2, 0.25) is 0 Å². The third-order valence-electron chi connectivity index (χ3n) is 3.34. The van der Waals surface area contributed by atoms with Crippen LogP contribution >= 0.6 is 39.0 Å². The van der Waals surface area contributed by atoms with Crippen molar-refractivity contribution in [2.75, 3.05) is 11.1 Å². The Bertz CT molecular complexity index is 847. The molecule has 0 spiro atoms. The number of aromatic nitrogens is 2. The predicted molar refractivity (Wildman–Crippen MR) is 102 cm³/mol. The SMILES string of the molecule is CCCCSc1nnc(NC(=O)Cc2coc3ccc(Br)cc23)s1. The maximum atomic E-state index is 12.2. The molecule has 2 aromatic heterocycles. The topological polar surface area (TPSA) is 68.0 Å². The molecule has 0 bridgehead atoms. The standard InChI is InChI=1S/C16H16BrN3O2S2/c1-2-3-6-23-16-20-19-15(24-16)18-14(21)7-10-9-22-13-5-4-11(17)8-12(10)13/h4-5,8-9H,2-3,6-7H2,1H3,(H,18,19,21). The summed E-state index contributed by atoms with van der Waals surface area (Å²) in [6.45, 7) is 2.16. The molecule has 5 nitrogen and oxygen atoms in total. The van der Waals surface area contributed by atoms with Gasteiger partial charge in [-0.1, -0.05) is 52.4 Å². The summed E-state index contributed by atoms with van der Waals surface area (Å²) in [5, 5.41) is 12.4. The number of fused-ring (bicyclic) bond motifs is 1. The van der Waals surface area contributed by atoms with Crippen LogP contribution < -0.4 is 5.32 Å². The fraction of sp³-hybridized carbons (Fsp3) is 0.312. The molecule has 3 rings (SSSR count).